The van der Waals surface area contributed by atoms with E-state index in [4.69, 9.17) is 9.47 Å². The normalized spacial score (nSPS) is 17.2. The van der Waals surface area contributed by atoms with Gasteiger partial charge >= 0.3 is 5.91 Å². The first-order valence-corrected chi connectivity index (χ1v) is 10.7. The van der Waals surface area contributed by atoms with Gasteiger partial charge in [0.05, 0.1) is 36.9 Å². The quantitative estimate of drug-likeness (QED) is 0.254. The third-order valence-corrected chi connectivity index (χ3v) is 5.88. The Morgan fingerprint density at radius 1 is 1.00 bits per heavy atom. The number of aliphatic hydroxyl groups excluding tert-OH is 1. The van der Waals surface area contributed by atoms with Crippen molar-refractivity contribution in [3.05, 3.63) is 89.2 Å². The lowest BCUT2D eigenvalue weighted by molar-refractivity contribution is -0.132. The van der Waals surface area contributed by atoms with Crippen molar-refractivity contribution < 1.29 is 28.6 Å². The molecule has 1 amide bonds. The molecule has 1 aliphatic heterocycles. The van der Waals surface area contributed by atoms with Gasteiger partial charge in [-0.3, -0.25) is 14.5 Å². The fourth-order valence-corrected chi connectivity index (χ4v) is 4.30. The number of carbonyl (C=O) groups is 2. The minimum Gasteiger partial charge on any atom is -0.506 e. The van der Waals surface area contributed by atoms with E-state index in [0.29, 0.717) is 16.6 Å². The molecule has 1 fully saturated rings. The molecule has 3 aromatic carbocycles. The molecule has 5 rings (SSSR count). The maximum absolute atomic E-state index is 13.8. The summed E-state index contributed by atoms with van der Waals surface area (Å²) in [5.41, 5.74) is 1.33. The summed E-state index contributed by atoms with van der Waals surface area (Å²) in [5.74, 6) is -2.15. The molecule has 2 N–H and O–H groups in total. The third kappa shape index (κ3) is 3.57. The van der Waals surface area contributed by atoms with E-state index < -0.39 is 29.3 Å². The molecule has 0 saturated carbocycles. The number of hydrogen-bond donors (Lipinski definition) is 2. The molecule has 35 heavy (non-hydrogen) atoms. The number of rotatable bonds is 5. The summed E-state index contributed by atoms with van der Waals surface area (Å²) in [5, 5.41) is 11.4. The van der Waals surface area contributed by atoms with Crippen LogP contribution >= 0.6 is 0 Å². The van der Waals surface area contributed by atoms with Gasteiger partial charge in [-0.25, -0.2) is 9.37 Å². The largest absolute Gasteiger partial charge is 0.506 e. The van der Waals surface area contributed by atoms with Gasteiger partial charge in [0.15, 0.2) is 0 Å². The number of anilines is 1. The standard InChI is InChI=1S/C26H20FN3O5/c1-34-18-9-6-10-19(35-2)20(18)23(31)21-22(14-7-4-3-5-8-14)30(25(33)24(21)32)26-28-16-12-11-15(27)13-17(16)29-26/h3-13,22,31H,1-2H3,(H,28,29)/b23-21+. The zero-order chi connectivity index (χ0) is 24.7. The second kappa shape index (κ2) is 8.60. The second-order valence-corrected chi connectivity index (χ2v) is 7.84. The monoisotopic (exact) mass is 473 g/mol. The number of imidazole rings is 1. The number of H-pyrrole nitrogens is 1. The lowest BCUT2D eigenvalue weighted by Crippen LogP contribution is -2.30. The van der Waals surface area contributed by atoms with Gasteiger partial charge < -0.3 is 19.6 Å². The fourth-order valence-electron chi connectivity index (χ4n) is 4.30. The minimum atomic E-state index is -1.02. The van der Waals surface area contributed by atoms with Crippen molar-refractivity contribution in [1.29, 1.82) is 0 Å². The molecule has 1 unspecified atom stereocenters. The highest BCUT2D eigenvalue weighted by atomic mass is 19.1. The van der Waals surface area contributed by atoms with Crippen LogP contribution in [-0.4, -0.2) is 41.0 Å². The SMILES string of the molecule is COc1cccc(OC)c1/C(O)=C1\C(=O)C(=O)N(c2nc3ccc(F)cc3[nH]2)C1c1ccccc1. The van der Waals surface area contributed by atoms with Gasteiger partial charge in [0, 0.05) is 0 Å². The van der Waals surface area contributed by atoms with Gasteiger partial charge in [-0.1, -0.05) is 36.4 Å². The molecule has 4 aromatic rings. The Morgan fingerprint density at radius 3 is 2.34 bits per heavy atom. The number of fused-ring (bicyclic) bond motifs is 1. The van der Waals surface area contributed by atoms with Crippen LogP contribution in [0.15, 0.2) is 72.3 Å². The minimum absolute atomic E-state index is 0.0487. The van der Waals surface area contributed by atoms with Crippen LogP contribution < -0.4 is 14.4 Å². The number of benzene rings is 3. The Balaban J connectivity index is 1.77. The highest BCUT2D eigenvalue weighted by Gasteiger charge is 2.48. The summed E-state index contributed by atoms with van der Waals surface area (Å²) in [4.78, 5) is 35.2. The number of methoxy groups -OCH3 is 2. The Bertz CT molecular complexity index is 1470. The topological polar surface area (TPSA) is 105 Å². The van der Waals surface area contributed by atoms with Crippen molar-refractivity contribution in [3.63, 3.8) is 0 Å². The smallest absolute Gasteiger partial charge is 0.302 e. The van der Waals surface area contributed by atoms with E-state index in [9.17, 15) is 19.1 Å². The molecule has 0 spiro atoms. The molecule has 176 valence electrons. The maximum Gasteiger partial charge on any atom is 0.302 e. The highest BCUT2D eigenvalue weighted by molar-refractivity contribution is 6.51. The third-order valence-electron chi connectivity index (χ3n) is 5.88. The first-order valence-electron chi connectivity index (χ1n) is 10.7. The molecule has 0 radical (unpaired) electrons. The molecule has 9 heteroatoms. The Morgan fingerprint density at radius 2 is 1.69 bits per heavy atom. The van der Waals surface area contributed by atoms with Crippen LogP contribution in [0.4, 0.5) is 10.3 Å². The molecule has 1 aliphatic rings. The Labute approximate surface area is 199 Å². The zero-order valence-electron chi connectivity index (χ0n) is 18.8. The number of ketones is 1. The van der Waals surface area contributed by atoms with E-state index in [-0.39, 0.29) is 28.6 Å². The van der Waals surface area contributed by atoms with E-state index in [1.54, 1.807) is 48.5 Å². The maximum atomic E-state index is 13.8. The molecular formula is C26H20FN3O5. The van der Waals surface area contributed by atoms with Crippen LogP contribution in [0.2, 0.25) is 0 Å². The number of aromatic nitrogens is 2. The molecule has 1 atom stereocenters. The lowest BCUT2D eigenvalue weighted by Gasteiger charge is -2.23. The van der Waals surface area contributed by atoms with Crippen molar-refractivity contribution in [3.8, 4) is 11.5 Å². The number of amides is 1. The number of carbonyl (C=O) groups excluding carboxylic acids is 2. The number of aliphatic hydroxyl groups is 1. The molecule has 0 aliphatic carbocycles. The number of nitrogens with zero attached hydrogens (tertiary/aromatic N) is 2. The average molecular weight is 473 g/mol. The predicted octanol–water partition coefficient (Wildman–Crippen LogP) is 4.35. The molecule has 1 saturated heterocycles. The first kappa shape index (κ1) is 22.1. The summed E-state index contributed by atoms with van der Waals surface area (Å²) in [7, 11) is 2.85. The van der Waals surface area contributed by atoms with E-state index in [0.717, 1.165) is 0 Å². The zero-order valence-corrected chi connectivity index (χ0v) is 18.8. The molecule has 8 nitrogen and oxygen atoms in total. The van der Waals surface area contributed by atoms with E-state index >= 15 is 0 Å². The van der Waals surface area contributed by atoms with E-state index in [1.807, 2.05) is 0 Å². The number of halogens is 1. The van der Waals surface area contributed by atoms with Gasteiger partial charge in [-0.15, -0.1) is 0 Å². The Kier molecular flexibility index (Phi) is 5.44. The van der Waals surface area contributed by atoms with Crippen molar-refractivity contribution in [2.75, 3.05) is 19.1 Å². The lowest BCUT2D eigenvalue weighted by atomic mass is 9.95. The van der Waals surface area contributed by atoms with E-state index in [1.165, 1.54) is 37.3 Å². The first-order chi connectivity index (χ1) is 16.9. The molecule has 0 bridgehead atoms. The van der Waals surface area contributed by atoms with Gasteiger partial charge in [0.25, 0.3) is 5.78 Å². The van der Waals surface area contributed by atoms with Gasteiger partial charge in [0.1, 0.15) is 28.6 Å². The number of Topliss-reactive ketones (excluding diaryl/α,β-unsaturated/α-hetero) is 1. The van der Waals surface area contributed by atoms with Crippen LogP contribution in [0.3, 0.4) is 0 Å². The van der Waals surface area contributed by atoms with Crippen LogP contribution in [-0.2, 0) is 9.59 Å². The number of nitrogens with one attached hydrogen (secondary N) is 1. The van der Waals surface area contributed by atoms with Crippen LogP contribution in [0.5, 0.6) is 11.5 Å². The predicted molar refractivity (Wildman–Crippen MR) is 127 cm³/mol. The van der Waals surface area contributed by atoms with E-state index in [2.05, 4.69) is 9.97 Å². The highest BCUT2D eigenvalue weighted by Crippen LogP contribution is 2.44. The number of hydrogen-bond acceptors (Lipinski definition) is 6. The summed E-state index contributed by atoms with van der Waals surface area (Å²) in [6.07, 6.45) is 0. The fraction of sp³-hybridized carbons (Fsp3) is 0.115. The molecular weight excluding hydrogens is 453 g/mol. The van der Waals surface area contributed by atoms with Crippen molar-refractivity contribution >= 4 is 34.4 Å². The van der Waals surface area contributed by atoms with Crippen molar-refractivity contribution in [2.24, 2.45) is 0 Å². The Hall–Kier alpha value is -4.66. The van der Waals surface area contributed by atoms with Crippen LogP contribution in [0.1, 0.15) is 17.2 Å². The summed E-state index contributed by atoms with van der Waals surface area (Å²) in [6.45, 7) is 0. The summed E-state index contributed by atoms with van der Waals surface area (Å²) < 4.78 is 24.5. The summed E-state index contributed by atoms with van der Waals surface area (Å²) in [6, 6.07) is 16.6. The van der Waals surface area contributed by atoms with Crippen LogP contribution in [0.25, 0.3) is 16.8 Å². The second-order valence-electron chi connectivity index (χ2n) is 7.84. The average Bonchev–Trinajstić information content (AvgIpc) is 3.41. The van der Waals surface area contributed by atoms with Gasteiger partial charge in [-0.05, 0) is 35.9 Å². The summed E-state index contributed by atoms with van der Waals surface area (Å²) >= 11 is 0. The van der Waals surface area contributed by atoms with Crippen LogP contribution in [0, 0.1) is 5.82 Å². The molecule has 2 heterocycles. The number of aromatic amines is 1. The molecule has 1 aromatic heterocycles. The number of ether oxygens (including phenoxy) is 2. The van der Waals surface area contributed by atoms with Crippen molar-refractivity contribution in [2.45, 2.75) is 6.04 Å². The van der Waals surface area contributed by atoms with Gasteiger partial charge in [0.2, 0.25) is 5.95 Å². The van der Waals surface area contributed by atoms with Gasteiger partial charge in [-0.2, -0.15) is 0 Å². The van der Waals surface area contributed by atoms with Crippen molar-refractivity contribution in [1.82, 2.24) is 9.97 Å².